The monoisotopic (exact) mass is 396 g/mol. The van der Waals surface area contributed by atoms with Gasteiger partial charge in [-0.3, -0.25) is 4.98 Å². The molecule has 0 spiro atoms. The molecule has 0 fully saturated rings. The summed E-state index contributed by atoms with van der Waals surface area (Å²) >= 11 is 12.6. The van der Waals surface area contributed by atoms with Crippen LogP contribution in [0.3, 0.4) is 0 Å². The van der Waals surface area contributed by atoms with E-state index in [1.54, 1.807) is 42.9 Å². The first-order valence-corrected chi connectivity index (χ1v) is 8.94. The molecule has 0 aliphatic heterocycles. The van der Waals surface area contributed by atoms with Crippen molar-refractivity contribution in [3.63, 3.8) is 0 Å². The summed E-state index contributed by atoms with van der Waals surface area (Å²) in [7, 11) is 0. The van der Waals surface area contributed by atoms with E-state index in [9.17, 15) is 5.11 Å². The molecule has 0 saturated heterocycles. The van der Waals surface area contributed by atoms with Crippen molar-refractivity contribution in [3.05, 3.63) is 88.3 Å². The van der Waals surface area contributed by atoms with Crippen molar-refractivity contribution >= 4 is 40.1 Å². The Morgan fingerprint density at radius 2 is 1.63 bits per heavy atom. The van der Waals surface area contributed by atoms with Crippen LogP contribution in [0.4, 0.5) is 5.95 Å². The highest BCUT2D eigenvalue weighted by Gasteiger charge is 2.23. The highest BCUT2D eigenvalue weighted by atomic mass is 35.5. The molecular formula is C20H14Cl2N4O. The minimum absolute atomic E-state index is 0.0672. The molecule has 0 amide bonds. The van der Waals surface area contributed by atoms with Gasteiger partial charge in [-0.2, -0.15) is 0 Å². The lowest BCUT2D eigenvalue weighted by Crippen LogP contribution is -2.15. The number of phenols is 1. The topological polar surface area (TPSA) is 70.9 Å². The fourth-order valence-corrected chi connectivity index (χ4v) is 3.35. The van der Waals surface area contributed by atoms with E-state index in [1.165, 1.54) is 0 Å². The van der Waals surface area contributed by atoms with Crippen molar-refractivity contribution in [1.82, 2.24) is 15.0 Å². The lowest BCUT2D eigenvalue weighted by atomic mass is 9.96. The smallest absolute Gasteiger partial charge is 0.223 e. The number of aromatic nitrogens is 3. The van der Waals surface area contributed by atoms with Gasteiger partial charge >= 0.3 is 0 Å². The van der Waals surface area contributed by atoms with Crippen LogP contribution in [0.5, 0.6) is 5.75 Å². The van der Waals surface area contributed by atoms with Crippen molar-refractivity contribution in [2.45, 2.75) is 6.04 Å². The zero-order valence-electron chi connectivity index (χ0n) is 14.0. The summed E-state index contributed by atoms with van der Waals surface area (Å²) in [6, 6.07) is 13.8. The summed E-state index contributed by atoms with van der Waals surface area (Å²) < 4.78 is 0. The highest BCUT2D eigenvalue weighted by molar-refractivity contribution is 6.33. The number of pyridine rings is 1. The standard InChI is InChI=1S/C20H14Cl2N4O/c21-13-5-7-16(22)15(11-13)18(26-20-24-9-2-10-25-20)14-6-4-12-3-1-8-23-17(12)19(14)27/h1-11,18,27H,(H,24,25,26). The number of nitrogens with one attached hydrogen (secondary N) is 1. The van der Waals surface area contributed by atoms with E-state index in [0.29, 0.717) is 32.6 Å². The van der Waals surface area contributed by atoms with Gasteiger partial charge in [-0.25, -0.2) is 9.97 Å². The maximum Gasteiger partial charge on any atom is 0.223 e. The van der Waals surface area contributed by atoms with Crippen LogP contribution in [0.15, 0.2) is 67.1 Å². The number of benzene rings is 2. The van der Waals surface area contributed by atoms with Crippen molar-refractivity contribution in [3.8, 4) is 5.75 Å². The Balaban J connectivity index is 1.90. The Bertz CT molecular complexity index is 1110. The fraction of sp³-hybridized carbons (Fsp3) is 0.0500. The van der Waals surface area contributed by atoms with Gasteiger partial charge in [0.25, 0.3) is 0 Å². The molecule has 1 atom stereocenters. The van der Waals surface area contributed by atoms with Gasteiger partial charge in [0.15, 0.2) is 0 Å². The Hall–Kier alpha value is -2.89. The Morgan fingerprint density at radius 1 is 0.852 bits per heavy atom. The second-order valence-electron chi connectivity index (χ2n) is 5.89. The fourth-order valence-electron chi connectivity index (χ4n) is 2.94. The number of phenolic OH excluding ortho intramolecular Hbond substituents is 1. The first kappa shape index (κ1) is 17.5. The lowest BCUT2D eigenvalue weighted by Gasteiger charge is -2.22. The second-order valence-corrected chi connectivity index (χ2v) is 6.74. The first-order chi connectivity index (χ1) is 13.1. The number of anilines is 1. The van der Waals surface area contributed by atoms with Gasteiger partial charge in [0, 0.05) is 39.6 Å². The van der Waals surface area contributed by atoms with Gasteiger partial charge in [-0.05, 0) is 35.9 Å². The zero-order valence-corrected chi connectivity index (χ0v) is 15.5. The number of fused-ring (bicyclic) bond motifs is 1. The average molecular weight is 397 g/mol. The molecule has 2 aromatic carbocycles. The molecule has 0 aliphatic rings. The van der Waals surface area contributed by atoms with Crippen LogP contribution in [0.1, 0.15) is 17.2 Å². The first-order valence-electron chi connectivity index (χ1n) is 8.18. The molecule has 4 aromatic rings. The normalized spacial score (nSPS) is 12.1. The van der Waals surface area contributed by atoms with Crippen LogP contribution in [0, 0.1) is 0 Å². The van der Waals surface area contributed by atoms with E-state index in [-0.39, 0.29) is 5.75 Å². The van der Waals surface area contributed by atoms with Gasteiger partial charge in [-0.1, -0.05) is 41.4 Å². The molecule has 2 N–H and O–H groups in total. The molecule has 1 unspecified atom stereocenters. The summed E-state index contributed by atoms with van der Waals surface area (Å²) in [4.78, 5) is 12.7. The van der Waals surface area contributed by atoms with Crippen molar-refractivity contribution in [2.24, 2.45) is 0 Å². The third-order valence-corrected chi connectivity index (χ3v) is 4.78. The van der Waals surface area contributed by atoms with Gasteiger partial charge in [-0.15, -0.1) is 0 Å². The molecule has 7 heteroatoms. The van der Waals surface area contributed by atoms with Crippen molar-refractivity contribution in [1.29, 1.82) is 0 Å². The Morgan fingerprint density at radius 3 is 2.44 bits per heavy atom. The molecule has 0 radical (unpaired) electrons. The number of hydrogen-bond donors (Lipinski definition) is 2. The van der Waals surface area contributed by atoms with E-state index in [2.05, 4.69) is 20.3 Å². The van der Waals surface area contributed by atoms with Gasteiger partial charge in [0.05, 0.1) is 6.04 Å². The minimum Gasteiger partial charge on any atom is -0.505 e. The molecule has 134 valence electrons. The van der Waals surface area contributed by atoms with Crippen LogP contribution in [-0.4, -0.2) is 20.1 Å². The molecule has 2 aromatic heterocycles. The number of hydrogen-bond acceptors (Lipinski definition) is 5. The van der Waals surface area contributed by atoms with Crippen molar-refractivity contribution < 1.29 is 5.11 Å². The lowest BCUT2D eigenvalue weighted by molar-refractivity contribution is 0.471. The predicted molar refractivity (Wildman–Crippen MR) is 107 cm³/mol. The average Bonchev–Trinajstić information content (AvgIpc) is 2.70. The summed E-state index contributed by atoms with van der Waals surface area (Å²) in [5.41, 5.74) is 1.80. The van der Waals surface area contributed by atoms with Crippen LogP contribution in [0.25, 0.3) is 10.9 Å². The molecule has 0 bridgehead atoms. The van der Waals surface area contributed by atoms with Crippen molar-refractivity contribution in [2.75, 3.05) is 5.32 Å². The van der Waals surface area contributed by atoms with Gasteiger partial charge < -0.3 is 10.4 Å². The Kier molecular flexibility index (Phi) is 4.79. The number of nitrogens with zero attached hydrogens (tertiary/aromatic N) is 3. The predicted octanol–water partition coefficient (Wildman–Crippen LogP) is 5.24. The molecule has 0 aliphatic carbocycles. The van der Waals surface area contributed by atoms with Gasteiger partial charge in [0.2, 0.25) is 5.95 Å². The molecule has 5 nitrogen and oxygen atoms in total. The van der Waals surface area contributed by atoms with E-state index >= 15 is 0 Å². The van der Waals surface area contributed by atoms with Crippen LogP contribution < -0.4 is 5.32 Å². The molecule has 0 saturated carbocycles. The quantitative estimate of drug-likeness (QED) is 0.493. The van der Waals surface area contributed by atoms with E-state index in [1.807, 2.05) is 24.3 Å². The zero-order chi connectivity index (χ0) is 18.8. The van der Waals surface area contributed by atoms with E-state index in [4.69, 9.17) is 23.2 Å². The second kappa shape index (κ2) is 7.39. The molecule has 2 heterocycles. The highest BCUT2D eigenvalue weighted by Crippen LogP contribution is 2.39. The minimum atomic E-state index is -0.523. The van der Waals surface area contributed by atoms with Crippen LogP contribution in [-0.2, 0) is 0 Å². The Labute approximate surface area is 165 Å². The van der Waals surface area contributed by atoms with Crippen LogP contribution in [0.2, 0.25) is 10.0 Å². The summed E-state index contributed by atoms with van der Waals surface area (Å²) in [5, 5.41) is 16.0. The largest absolute Gasteiger partial charge is 0.505 e. The number of halogens is 2. The maximum absolute atomic E-state index is 10.9. The number of aromatic hydroxyl groups is 1. The van der Waals surface area contributed by atoms with Gasteiger partial charge in [0.1, 0.15) is 11.3 Å². The molecular weight excluding hydrogens is 383 g/mol. The summed E-state index contributed by atoms with van der Waals surface area (Å²) in [6.07, 6.45) is 4.91. The number of rotatable bonds is 4. The third kappa shape index (κ3) is 3.52. The van der Waals surface area contributed by atoms with E-state index < -0.39 is 6.04 Å². The molecule has 27 heavy (non-hydrogen) atoms. The molecule has 4 rings (SSSR count). The SMILES string of the molecule is Oc1c(C(Nc2ncccn2)c2cc(Cl)ccc2Cl)ccc2cccnc12. The third-order valence-electron chi connectivity index (χ3n) is 4.20. The maximum atomic E-state index is 10.9. The summed E-state index contributed by atoms with van der Waals surface area (Å²) in [5.74, 6) is 0.469. The summed E-state index contributed by atoms with van der Waals surface area (Å²) in [6.45, 7) is 0. The van der Waals surface area contributed by atoms with Crippen LogP contribution >= 0.6 is 23.2 Å². The van der Waals surface area contributed by atoms with E-state index in [0.717, 1.165) is 5.39 Å².